The van der Waals surface area contributed by atoms with Crippen LogP contribution in [-0.2, 0) is 27.1 Å². The van der Waals surface area contributed by atoms with Crippen molar-refractivity contribution in [3.63, 3.8) is 0 Å². The Bertz CT molecular complexity index is 444. The summed E-state index contributed by atoms with van der Waals surface area (Å²) in [4.78, 5) is 10.6. The fourth-order valence-electron chi connectivity index (χ4n) is 2.13. The van der Waals surface area contributed by atoms with Gasteiger partial charge in [0.05, 0.1) is 19.8 Å². The van der Waals surface area contributed by atoms with Crippen LogP contribution in [0, 0.1) is 0 Å². The first kappa shape index (κ1) is 14.8. The summed E-state index contributed by atoms with van der Waals surface area (Å²) in [6.45, 7) is 4.58. The van der Waals surface area contributed by atoms with Crippen LogP contribution in [0.3, 0.4) is 0 Å². The molecular formula is C15H19O5. The van der Waals surface area contributed by atoms with E-state index in [1.54, 1.807) is 0 Å². The zero-order chi connectivity index (χ0) is 14.2. The second kappa shape index (κ2) is 7.87. The van der Waals surface area contributed by atoms with E-state index in [1.807, 2.05) is 25.3 Å². The lowest BCUT2D eigenvalue weighted by atomic mass is 10.0. The molecule has 0 aliphatic carbocycles. The van der Waals surface area contributed by atoms with Crippen molar-refractivity contribution < 1.29 is 23.7 Å². The summed E-state index contributed by atoms with van der Waals surface area (Å²) >= 11 is 0. The molecule has 109 valence electrons. The maximum absolute atomic E-state index is 10.6. The molecule has 1 heterocycles. The van der Waals surface area contributed by atoms with Crippen molar-refractivity contribution >= 4 is 6.29 Å². The molecule has 1 aromatic rings. The third-order valence-corrected chi connectivity index (χ3v) is 3.07. The highest BCUT2D eigenvalue weighted by atomic mass is 16.7. The van der Waals surface area contributed by atoms with Gasteiger partial charge in [0.25, 0.3) is 0 Å². The minimum atomic E-state index is 0.224. The van der Waals surface area contributed by atoms with Crippen LogP contribution >= 0.6 is 0 Å². The SMILES string of the molecule is CCOCCOCCc1c(C[C]=O)ccc2c1OCO2. The Morgan fingerprint density at radius 2 is 2.05 bits per heavy atom. The molecule has 2 rings (SSSR count). The van der Waals surface area contributed by atoms with Crippen LogP contribution in [0.5, 0.6) is 11.5 Å². The van der Waals surface area contributed by atoms with E-state index in [4.69, 9.17) is 18.9 Å². The third-order valence-electron chi connectivity index (χ3n) is 3.07. The van der Waals surface area contributed by atoms with Gasteiger partial charge in [0, 0.05) is 18.6 Å². The standard InChI is InChI=1S/C15H19O5/c1-2-17-9-10-18-8-6-13-12(5-7-16)3-4-14-15(13)20-11-19-14/h3-4H,2,5-6,8-11H2,1H3. The first-order valence-corrected chi connectivity index (χ1v) is 6.77. The highest BCUT2D eigenvalue weighted by Crippen LogP contribution is 2.37. The van der Waals surface area contributed by atoms with E-state index in [9.17, 15) is 4.79 Å². The second-order valence-corrected chi connectivity index (χ2v) is 4.32. The first-order valence-electron chi connectivity index (χ1n) is 6.77. The van der Waals surface area contributed by atoms with Crippen molar-refractivity contribution in [1.29, 1.82) is 0 Å². The molecule has 0 atom stereocenters. The van der Waals surface area contributed by atoms with Crippen LogP contribution < -0.4 is 9.47 Å². The van der Waals surface area contributed by atoms with Crippen LogP contribution in [-0.4, -0.2) is 39.5 Å². The van der Waals surface area contributed by atoms with Gasteiger partial charge in [-0.2, -0.15) is 0 Å². The van der Waals surface area contributed by atoms with Crippen molar-refractivity contribution in [2.75, 3.05) is 33.2 Å². The Kier molecular flexibility index (Phi) is 5.83. The van der Waals surface area contributed by atoms with Crippen LogP contribution in [0.2, 0.25) is 0 Å². The fraction of sp³-hybridized carbons (Fsp3) is 0.533. The van der Waals surface area contributed by atoms with Crippen molar-refractivity contribution in [2.24, 2.45) is 0 Å². The molecule has 1 aliphatic heterocycles. The monoisotopic (exact) mass is 279 g/mol. The average Bonchev–Trinajstić information content (AvgIpc) is 2.93. The van der Waals surface area contributed by atoms with E-state index in [2.05, 4.69) is 0 Å². The molecule has 0 saturated carbocycles. The molecule has 0 bridgehead atoms. The van der Waals surface area contributed by atoms with Gasteiger partial charge in [-0.3, -0.25) is 4.79 Å². The molecule has 0 N–H and O–H groups in total. The Labute approximate surface area is 118 Å². The van der Waals surface area contributed by atoms with Crippen LogP contribution in [0.1, 0.15) is 18.1 Å². The number of benzene rings is 1. The predicted molar refractivity (Wildman–Crippen MR) is 73.0 cm³/mol. The van der Waals surface area contributed by atoms with Gasteiger partial charge in [0.1, 0.15) is 0 Å². The number of carbonyl (C=O) groups excluding carboxylic acids is 1. The third kappa shape index (κ3) is 3.71. The predicted octanol–water partition coefficient (Wildman–Crippen LogP) is 1.66. The van der Waals surface area contributed by atoms with E-state index in [0.29, 0.717) is 32.8 Å². The number of ether oxygens (including phenoxy) is 4. The van der Waals surface area contributed by atoms with Gasteiger partial charge in [0.15, 0.2) is 11.5 Å². The smallest absolute Gasteiger partial charge is 0.231 e. The zero-order valence-electron chi connectivity index (χ0n) is 11.6. The largest absolute Gasteiger partial charge is 0.454 e. The molecule has 0 amide bonds. The highest BCUT2D eigenvalue weighted by molar-refractivity contribution is 5.61. The van der Waals surface area contributed by atoms with Gasteiger partial charge < -0.3 is 18.9 Å². The maximum atomic E-state index is 10.6. The highest BCUT2D eigenvalue weighted by Gasteiger charge is 2.20. The Balaban J connectivity index is 1.94. The molecular weight excluding hydrogens is 260 g/mol. The van der Waals surface area contributed by atoms with E-state index >= 15 is 0 Å². The Morgan fingerprint density at radius 3 is 2.85 bits per heavy atom. The van der Waals surface area contributed by atoms with Crippen LogP contribution in [0.4, 0.5) is 0 Å². The van der Waals surface area contributed by atoms with Gasteiger partial charge in [-0.25, -0.2) is 0 Å². The van der Waals surface area contributed by atoms with Crippen LogP contribution in [0.25, 0.3) is 0 Å². The minimum absolute atomic E-state index is 0.224. The van der Waals surface area contributed by atoms with Gasteiger partial charge in [-0.15, -0.1) is 0 Å². The van der Waals surface area contributed by atoms with Gasteiger partial charge >= 0.3 is 0 Å². The van der Waals surface area contributed by atoms with Crippen molar-refractivity contribution in [2.45, 2.75) is 19.8 Å². The summed E-state index contributed by atoms with van der Waals surface area (Å²) < 4.78 is 21.5. The zero-order valence-corrected chi connectivity index (χ0v) is 11.6. The van der Waals surface area contributed by atoms with Crippen molar-refractivity contribution in [3.05, 3.63) is 23.3 Å². The maximum Gasteiger partial charge on any atom is 0.231 e. The van der Waals surface area contributed by atoms with Crippen LogP contribution in [0.15, 0.2) is 12.1 Å². The van der Waals surface area contributed by atoms with Gasteiger partial charge in [-0.05, 0) is 25.0 Å². The summed E-state index contributed by atoms with van der Waals surface area (Å²) in [5.41, 5.74) is 1.89. The quantitative estimate of drug-likeness (QED) is 0.643. The lowest BCUT2D eigenvalue weighted by Crippen LogP contribution is -2.08. The summed E-state index contributed by atoms with van der Waals surface area (Å²) in [6.07, 6.45) is 2.86. The lowest BCUT2D eigenvalue weighted by Gasteiger charge is -2.11. The number of rotatable bonds is 9. The van der Waals surface area contributed by atoms with Gasteiger partial charge in [-0.1, -0.05) is 6.07 Å². The number of hydrogen-bond acceptors (Lipinski definition) is 5. The van der Waals surface area contributed by atoms with Crippen molar-refractivity contribution in [3.8, 4) is 11.5 Å². The molecule has 1 aliphatic rings. The van der Waals surface area contributed by atoms with E-state index in [1.165, 1.54) is 0 Å². The summed E-state index contributed by atoms with van der Waals surface area (Å²) in [6, 6.07) is 3.71. The van der Waals surface area contributed by atoms with E-state index in [-0.39, 0.29) is 13.2 Å². The Hall–Kier alpha value is -1.59. The molecule has 0 saturated heterocycles. The summed E-state index contributed by atoms with van der Waals surface area (Å²) in [5, 5.41) is 0. The molecule has 0 aromatic heterocycles. The topological polar surface area (TPSA) is 54.0 Å². The number of hydrogen-bond donors (Lipinski definition) is 0. The van der Waals surface area contributed by atoms with Crippen molar-refractivity contribution in [1.82, 2.24) is 0 Å². The molecule has 5 nitrogen and oxygen atoms in total. The first-order chi connectivity index (χ1) is 9.86. The summed E-state index contributed by atoms with van der Waals surface area (Å²) in [7, 11) is 0. The molecule has 0 spiro atoms. The summed E-state index contributed by atoms with van der Waals surface area (Å²) in [5.74, 6) is 1.45. The Morgan fingerprint density at radius 1 is 1.20 bits per heavy atom. The normalized spacial score (nSPS) is 12.7. The van der Waals surface area contributed by atoms with E-state index in [0.717, 1.165) is 22.6 Å². The lowest BCUT2D eigenvalue weighted by molar-refractivity contribution is 0.0539. The fourth-order valence-corrected chi connectivity index (χ4v) is 2.13. The number of fused-ring (bicyclic) bond motifs is 1. The molecule has 0 unspecified atom stereocenters. The molecule has 0 fully saturated rings. The van der Waals surface area contributed by atoms with Gasteiger partial charge in [0.2, 0.25) is 13.1 Å². The molecule has 1 aromatic carbocycles. The van der Waals surface area contributed by atoms with E-state index < -0.39 is 0 Å². The molecule has 1 radical (unpaired) electrons. The second-order valence-electron chi connectivity index (χ2n) is 4.32. The molecule has 20 heavy (non-hydrogen) atoms. The average molecular weight is 279 g/mol. The minimum Gasteiger partial charge on any atom is -0.454 e. The molecule has 5 heteroatoms.